The highest BCUT2D eigenvalue weighted by Crippen LogP contribution is 2.28. The van der Waals surface area contributed by atoms with Gasteiger partial charge in [0.25, 0.3) is 5.91 Å². The van der Waals surface area contributed by atoms with E-state index >= 15 is 0 Å². The summed E-state index contributed by atoms with van der Waals surface area (Å²) in [5.41, 5.74) is 0.854. The van der Waals surface area contributed by atoms with E-state index in [0.717, 1.165) is 5.56 Å². The lowest BCUT2D eigenvalue weighted by Crippen LogP contribution is -2.52. The summed E-state index contributed by atoms with van der Waals surface area (Å²) in [6.45, 7) is 1.93. The monoisotopic (exact) mass is 432 g/mol. The molecule has 1 aliphatic heterocycles. The highest BCUT2D eigenvalue weighted by molar-refractivity contribution is 6.30. The van der Waals surface area contributed by atoms with Crippen LogP contribution in [0.25, 0.3) is 0 Å². The zero-order valence-electron chi connectivity index (χ0n) is 17.1. The predicted molar refractivity (Wildman–Crippen MR) is 113 cm³/mol. The fourth-order valence-electron chi connectivity index (χ4n) is 3.25. The van der Waals surface area contributed by atoms with E-state index < -0.39 is 0 Å². The number of benzene rings is 2. The van der Waals surface area contributed by atoms with Crippen molar-refractivity contribution in [3.05, 3.63) is 53.1 Å². The van der Waals surface area contributed by atoms with Crippen molar-refractivity contribution in [1.29, 1.82) is 0 Å². The van der Waals surface area contributed by atoms with Crippen molar-refractivity contribution in [1.82, 2.24) is 9.80 Å². The summed E-state index contributed by atoms with van der Waals surface area (Å²) in [4.78, 5) is 28.5. The van der Waals surface area contributed by atoms with Crippen LogP contribution in [0.3, 0.4) is 0 Å². The van der Waals surface area contributed by atoms with Gasteiger partial charge in [0.1, 0.15) is 5.75 Å². The lowest BCUT2D eigenvalue weighted by molar-refractivity contribution is -0.140. The normalized spacial score (nSPS) is 13.7. The van der Waals surface area contributed by atoms with Gasteiger partial charge in [-0.3, -0.25) is 9.59 Å². The summed E-state index contributed by atoms with van der Waals surface area (Å²) in [6, 6.07) is 12.3. The van der Waals surface area contributed by atoms with E-state index in [1.165, 1.54) is 0 Å². The molecular weight excluding hydrogens is 408 g/mol. The van der Waals surface area contributed by atoms with Gasteiger partial charge in [-0.25, -0.2) is 0 Å². The van der Waals surface area contributed by atoms with E-state index in [1.54, 1.807) is 54.4 Å². The molecule has 8 heteroatoms. The third-order valence-corrected chi connectivity index (χ3v) is 5.22. The van der Waals surface area contributed by atoms with Crippen molar-refractivity contribution in [2.24, 2.45) is 0 Å². The molecule has 3 rings (SSSR count). The van der Waals surface area contributed by atoms with Crippen LogP contribution in [-0.2, 0) is 16.0 Å². The van der Waals surface area contributed by atoms with E-state index in [-0.39, 0.29) is 24.8 Å². The van der Waals surface area contributed by atoms with Crippen molar-refractivity contribution >= 4 is 23.4 Å². The molecule has 1 aliphatic rings. The summed E-state index contributed by atoms with van der Waals surface area (Å²) in [5.74, 6) is 1.74. The number of methoxy groups -OCH3 is 2. The number of carbonyl (C=O) groups is 2. The van der Waals surface area contributed by atoms with Crippen LogP contribution in [0, 0.1) is 0 Å². The Morgan fingerprint density at radius 3 is 2.07 bits per heavy atom. The highest BCUT2D eigenvalue weighted by atomic mass is 35.5. The third kappa shape index (κ3) is 5.57. The molecule has 0 N–H and O–H groups in total. The van der Waals surface area contributed by atoms with Crippen molar-refractivity contribution < 1.29 is 23.8 Å². The number of ether oxygens (including phenoxy) is 3. The lowest BCUT2D eigenvalue weighted by atomic mass is 10.1. The van der Waals surface area contributed by atoms with Gasteiger partial charge in [-0.1, -0.05) is 17.7 Å². The van der Waals surface area contributed by atoms with Crippen LogP contribution in [0.15, 0.2) is 42.5 Å². The molecule has 7 nitrogen and oxygen atoms in total. The first kappa shape index (κ1) is 21.8. The maximum atomic E-state index is 12.7. The van der Waals surface area contributed by atoms with E-state index in [9.17, 15) is 9.59 Å². The van der Waals surface area contributed by atoms with Gasteiger partial charge >= 0.3 is 0 Å². The van der Waals surface area contributed by atoms with Crippen LogP contribution in [0.4, 0.5) is 0 Å². The van der Waals surface area contributed by atoms with Gasteiger partial charge in [-0.05, 0) is 42.0 Å². The molecule has 0 saturated carbocycles. The molecule has 160 valence electrons. The SMILES string of the molecule is COc1ccc(CC(=O)N2CCN(C(=O)COc3ccc(Cl)cc3)CC2)cc1OC. The Morgan fingerprint density at radius 1 is 0.867 bits per heavy atom. The molecular formula is C22H25ClN2O5. The summed E-state index contributed by atoms with van der Waals surface area (Å²) in [7, 11) is 3.14. The van der Waals surface area contributed by atoms with Gasteiger partial charge in [0.2, 0.25) is 5.91 Å². The van der Waals surface area contributed by atoms with Crippen LogP contribution in [0.2, 0.25) is 5.02 Å². The minimum absolute atomic E-state index is 0.0201. The molecule has 1 fully saturated rings. The fourth-order valence-corrected chi connectivity index (χ4v) is 3.38. The second kappa shape index (κ2) is 10.2. The van der Waals surface area contributed by atoms with Crippen LogP contribution in [-0.4, -0.2) is 68.6 Å². The Labute approximate surface area is 181 Å². The summed E-state index contributed by atoms with van der Waals surface area (Å²) in [6.07, 6.45) is 0.272. The first-order valence-electron chi connectivity index (χ1n) is 9.65. The molecule has 0 radical (unpaired) electrons. The number of rotatable bonds is 7. The summed E-state index contributed by atoms with van der Waals surface area (Å²) < 4.78 is 16.0. The number of carbonyl (C=O) groups excluding carboxylic acids is 2. The number of amides is 2. The van der Waals surface area contributed by atoms with Gasteiger partial charge in [0.15, 0.2) is 18.1 Å². The molecule has 2 amide bonds. The Hall–Kier alpha value is -2.93. The van der Waals surface area contributed by atoms with Crippen LogP contribution in [0.5, 0.6) is 17.2 Å². The first-order valence-corrected chi connectivity index (χ1v) is 10.0. The number of nitrogens with zero attached hydrogens (tertiary/aromatic N) is 2. The average Bonchev–Trinajstić information content (AvgIpc) is 2.78. The molecule has 1 saturated heterocycles. The zero-order chi connectivity index (χ0) is 21.5. The second-order valence-corrected chi connectivity index (χ2v) is 7.31. The van der Waals surface area contributed by atoms with Crippen molar-refractivity contribution in [3.8, 4) is 17.2 Å². The van der Waals surface area contributed by atoms with Gasteiger partial charge in [-0.15, -0.1) is 0 Å². The first-order chi connectivity index (χ1) is 14.5. The smallest absolute Gasteiger partial charge is 0.260 e. The zero-order valence-corrected chi connectivity index (χ0v) is 17.9. The van der Waals surface area contributed by atoms with Crippen molar-refractivity contribution in [3.63, 3.8) is 0 Å². The maximum Gasteiger partial charge on any atom is 0.260 e. The molecule has 1 heterocycles. The molecule has 0 aromatic heterocycles. The standard InChI is InChI=1S/C22H25ClN2O5/c1-28-19-8-3-16(13-20(19)29-2)14-21(26)24-9-11-25(12-10-24)22(27)15-30-18-6-4-17(23)5-7-18/h3-8,13H,9-12,14-15H2,1-2H3. The van der Waals surface area contributed by atoms with E-state index in [2.05, 4.69) is 0 Å². The van der Waals surface area contributed by atoms with E-state index in [4.69, 9.17) is 25.8 Å². The van der Waals surface area contributed by atoms with E-state index in [0.29, 0.717) is 48.5 Å². The van der Waals surface area contributed by atoms with Crippen molar-refractivity contribution in [2.45, 2.75) is 6.42 Å². The Bertz CT molecular complexity index is 880. The molecule has 2 aromatic carbocycles. The minimum atomic E-state index is -0.100. The number of piperazine rings is 1. The van der Waals surface area contributed by atoms with E-state index in [1.807, 2.05) is 12.1 Å². The number of halogens is 1. The number of hydrogen-bond acceptors (Lipinski definition) is 5. The minimum Gasteiger partial charge on any atom is -0.493 e. The Balaban J connectivity index is 1.46. The molecule has 0 unspecified atom stereocenters. The van der Waals surface area contributed by atoms with Crippen molar-refractivity contribution in [2.75, 3.05) is 47.0 Å². The molecule has 2 aromatic rings. The van der Waals surface area contributed by atoms with Crippen LogP contribution in [0.1, 0.15) is 5.56 Å². The molecule has 0 spiro atoms. The predicted octanol–water partition coefficient (Wildman–Crippen LogP) is 2.65. The molecule has 0 aliphatic carbocycles. The molecule has 0 atom stereocenters. The molecule has 0 bridgehead atoms. The van der Waals surface area contributed by atoms with Gasteiger partial charge in [0, 0.05) is 31.2 Å². The second-order valence-electron chi connectivity index (χ2n) is 6.87. The number of hydrogen-bond donors (Lipinski definition) is 0. The highest BCUT2D eigenvalue weighted by Gasteiger charge is 2.24. The maximum absolute atomic E-state index is 12.7. The lowest BCUT2D eigenvalue weighted by Gasteiger charge is -2.34. The van der Waals surface area contributed by atoms with Gasteiger partial charge in [0.05, 0.1) is 20.6 Å². The van der Waals surface area contributed by atoms with Crippen LogP contribution < -0.4 is 14.2 Å². The third-order valence-electron chi connectivity index (χ3n) is 4.96. The fraction of sp³-hybridized carbons (Fsp3) is 0.364. The average molecular weight is 433 g/mol. The molecule has 30 heavy (non-hydrogen) atoms. The largest absolute Gasteiger partial charge is 0.493 e. The Kier molecular flexibility index (Phi) is 7.41. The van der Waals surface area contributed by atoms with Crippen LogP contribution >= 0.6 is 11.6 Å². The Morgan fingerprint density at radius 2 is 1.47 bits per heavy atom. The topological polar surface area (TPSA) is 68.3 Å². The van der Waals surface area contributed by atoms with Gasteiger partial charge in [-0.2, -0.15) is 0 Å². The summed E-state index contributed by atoms with van der Waals surface area (Å²) >= 11 is 5.84. The quantitative estimate of drug-likeness (QED) is 0.672. The van der Waals surface area contributed by atoms with Gasteiger partial charge < -0.3 is 24.0 Å². The summed E-state index contributed by atoms with van der Waals surface area (Å²) in [5, 5.41) is 0.613.